The molecular weight excluding hydrogens is 242 g/mol. The summed E-state index contributed by atoms with van der Waals surface area (Å²) in [6.45, 7) is 5.68. The van der Waals surface area contributed by atoms with Crippen LogP contribution < -0.4 is 0 Å². The summed E-state index contributed by atoms with van der Waals surface area (Å²) >= 11 is 0. The van der Waals surface area contributed by atoms with Gasteiger partial charge >= 0.3 is 0 Å². The van der Waals surface area contributed by atoms with Crippen LogP contribution in [0.25, 0.3) is 5.78 Å². The minimum absolute atomic E-state index is 0.0866. The van der Waals surface area contributed by atoms with Crippen LogP contribution in [0.15, 0.2) is 12.3 Å². The molecule has 1 aliphatic heterocycles. The van der Waals surface area contributed by atoms with Gasteiger partial charge in [0.1, 0.15) is 0 Å². The summed E-state index contributed by atoms with van der Waals surface area (Å²) in [5.41, 5.74) is 0.920. The van der Waals surface area contributed by atoms with Gasteiger partial charge in [-0.05, 0) is 31.7 Å². The van der Waals surface area contributed by atoms with Gasteiger partial charge in [0.2, 0.25) is 5.82 Å². The largest absolute Gasteiger partial charge is 0.336 e. The second kappa shape index (κ2) is 4.60. The van der Waals surface area contributed by atoms with Crippen molar-refractivity contribution >= 4 is 11.7 Å². The van der Waals surface area contributed by atoms with E-state index in [0.29, 0.717) is 11.7 Å². The molecule has 2 aromatic heterocycles. The van der Waals surface area contributed by atoms with E-state index in [0.717, 1.165) is 25.2 Å². The summed E-state index contributed by atoms with van der Waals surface area (Å²) in [5, 5.41) is 4.26. The Morgan fingerprint density at radius 3 is 3.05 bits per heavy atom. The molecule has 6 nitrogen and oxygen atoms in total. The van der Waals surface area contributed by atoms with E-state index in [9.17, 15) is 4.79 Å². The van der Waals surface area contributed by atoms with Gasteiger partial charge in [0.25, 0.3) is 11.7 Å². The van der Waals surface area contributed by atoms with Crippen molar-refractivity contribution in [1.82, 2.24) is 24.5 Å². The lowest BCUT2D eigenvalue weighted by atomic mass is 10.0. The minimum atomic E-state index is -0.0866. The number of piperidine rings is 1. The fourth-order valence-electron chi connectivity index (χ4n) is 2.51. The van der Waals surface area contributed by atoms with Crippen LogP contribution in [0.4, 0.5) is 0 Å². The molecule has 19 heavy (non-hydrogen) atoms. The quantitative estimate of drug-likeness (QED) is 0.774. The fourth-order valence-corrected chi connectivity index (χ4v) is 2.51. The first-order valence-corrected chi connectivity index (χ1v) is 6.63. The van der Waals surface area contributed by atoms with E-state index < -0.39 is 0 Å². The van der Waals surface area contributed by atoms with Gasteiger partial charge in [0, 0.05) is 25.0 Å². The molecule has 0 aliphatic carbocycles. The zero-order valence-electron chi connectivity index (χ0n) is 11.2. The highest BCUT2D eigenvalue weighted by Gasteiger charge is 2.25. The van der Waals surface area contributed by atoms with Crippen molar-refractivity contribution in [3.63, 3.8) is 0 Å². The van der Waals surface area contributed by atoms with Crippen molar-refractivity contribution in [2.45, 2.75) is 26.7 Å². The molecule has 0 N–H and O–H groups in total. The number of carbonyl (C=O) groups excluding carboxylic acids is 1. The monoisotopic (exact) mass is 259 g/mol. The fraction of sp³-hybridized carbons (Fsp3) is 0.538. The SMILES string of the molecule is Cc1ccnc2nc(C(=O)N3CCCC(C)C3)nn12. The van der Waals surface area contributed by atoms with Crippen LogP contribution in [-0.4, -0.2) is 43.5 Å². The molecule has 3 heterocycles. The van der Waals surface area contributed by atoms with Crippen molar-refractivity contribution < 1.29 is 4.79 Å². The average Bonchev–Trinajstić information content (AvgIpc) is 2.83. The molecule has 2 aromatic rings. The number of hydrogen-bond donors (Lipinski definition) is 0. The highest BCUT2D eigenvalue weighted by molar-refractivity contribution is 5.90. The molecule has 0 radical (unpaired) electrons. The number of aromatic nitrogens is 4. The highest BCUT2D eigenvalue weighted by atomic mass is 16.2. The molecule has 1 aliphatic rings. The number of carbonyl (C=O) groups is 1. The number of nitrogens with zero attached hydrogens (tertiary/aromatic N) is 5. The highest BCUT2D eigenvalue weighted by Crippen LogP contribution is 2.17. The number of hydrogen-bond acceptors (Lipinski definition) is 4. The van der Waals surface area contributed by atoms with Crippen LogP contribution in [-0.2, 0) is 0 Å². The summed E-state index contributed by atoms with van der Waals surface area (Å²) in [6.07, 6.45) is 3.91. The van der Waals surface area contributed by atoms with E-state index in [4.69, 9.17) is 0 Å². The van der Waals surface area contributed by atoms with Crippen LogP contribution >= 0.6 is 0 Å². The lowest BCUT2D eigenvalue weighted by molar-refractivity contribution is 0.0671. The van der Waals surface area contributed by atoms with Crippen molar-refractivity contribution in [3.05, 3.63) is 23.8 Å². The van der Waals surface area contributed by atoms with Gasteiger partial charge in [0.05, 0.1) is 0 Å². The molecular formula is C13H17N5O. The van der Waals surface area contributed by atoms with Crippen LogP contribution in [0.2, 0.25) is 0 Å². The van der Waals surface area contributed by atoms with E-state index >= 15 is 0 Å². The molecule has 1 unspecified atom stereocenters. The summed E-state index contributed by atoms with van der Waals surface area (Å²) in [4.78, 5) is 22.6. The Morgan fingerprint density at radius 2 is 2.32 bits per heavy atom. The third-order valence-electron chi connectivity index (χ3n) is 3.57. The van der Waals surface area contributed by atoms with Crippen LogP contribution in [0.3, 0.4) is 0 Å². The lowest BCUT2D eigenvalue weighted by Gasteiger charge is -2.29. The van der Waals surface area contributed by atoms with E-state index in [1.54, 1.807) is 10.7 Å². The topological polar surface area (TPSA) is 63.4 Å². The molecule has 0 saturated carbocycles. The molecule has 1 atom stereocenters. The second-order valence-corrected chi connectivity index (χ2v) is 5.23. The molecule has 1 fully saturated rings. The minimum Gasteiger partial charge on any atom is -0.336 e. The van der Waals surface area contributed by atoms with Crippen LogP contribution in [0.5, 0.6) is 0 Å². The van der Waals surface area contributed by atoms with Crippen molar-refractivity contribution in [2.75, 3.05) is 13.1 Å². The maximum Gasteiger partial charge on any atom is 0.293 e. The number of likely N-dealkylation sites (tertiary alicyclic amines) is 1. The Labute approximate surface area is 111 Å². The Bertz CT molecular complexity index is 621. The first kappa shape index (κ1) is 12.1. The van der Waals surface area contributed by atoms with E-state index in [-0.39, 0.29) is 11.7 Å². The molecule has 1 saturated heterocycles. The number of fused-ring (bicyclic) bond motifs is 1. The normalized spacial score (nSPS) is 19.9. The third-order valence-corrected chi connectivity index (χ3v) is 3.57. The van der Waals surface area contributed by atoms with Gasteiger partial charge in [0.15, 0.2) is 0 Å². The van der Waals surface area contributed by atoms with E-state index in [1.807, 2.05) is 17.9 Å². The number of aryl methyl sites for hydroxylation is 1. The van der Waals surface area contributed by atoms with Gasteiger partial charge in [-0.3, -0.25) is 4.79 Å². The second-order valence-electron chi connectivity index (χ2n) is 5.23. The molecule has 0 aromatic carbocycles. The van der Waals surface area contributed by atoms with Gasteiger partial charge in [-0.1, -0.05) is 6.92 Å². The smallest absolute Gasteiger partial charge is 0.293 e. The third kappa shape index (κ3) is 2.18. The molecule has 3 rings (SSSR count). The van der Waals surface area contributed by atoms with Gasteiger partial charge in [-0.25, -0.2) is 9.50 Å². The first-order valence-electron chi connectivity index (χ1n) is 6.63. The lowest BCUT2D eigenvalue weighted by Crippen LogP contribution is -2.39. The van der Waals surface area contributed by atoms with Crippen LogP contribution in [0, 0.1) is 12.8 Å². The molecule has 0 bridgehead atoms. The van der Waals surface area contributed by atoms with E-state index in [2.05, 4.69) is 22.0 Å². The van der Waals surface area contributed by atoms with Gasteiger partial charge in [-0.15, -0.1) is 5.10 Å². The first-order chi connectivity index (χ1) is 9.15. The zero-order chi connectivity index (χ0) is 13.4. The van der Waals surface area contributed by atoms with Crippen molar-refractivity contribution in [2.24, 2.45) is 5.92 Å². The molecule has 100 valence electrons. The standard InChI is InChI=1S/C13H17N5O/c1-9-4-3-7-17(8-9)12(19)11-15-13-14-6-5-10(2)18(13)16-11/h5-6,9H,3-4,7-8H2,1-2H3. The number of rotatable bonds is 1. The van der Waals surface area contributed by atoms with Gasteiger partial charge < -0.3 is 4.90 Å². The molecule has 1 amide bonds. The van der Waals surface area contributed by atoms with Crippen LogP contribution in [0.1, 0.15) is 36.1 Å². The van der Waals surface area contributed by atoms with Crippen molar-refractivity contribution in [1.29, 1.82) is 0 Å². The summed E-state index contributed by atoms with van der Waals surface area (Å²) in [6, 6.07) is 1.85. The molecule has 6 heteroatoms. The Balaban J connectivity index is 1.91. The maximum atomic E-state index is 12.4. The summed E-state index contributed by atoms with van der Waals surface area (Å²) < 4.78 is 1.61. The predicted octanol–water partition coefficient (Wildman–Crippen LogP) is 1.30. The summed E-state index contributed by atoms with van der Waals surface area (Å²) in [5.74, 6) is 1.19. The predicted molar refractivity (Wildman–Crippen MR) is 69.8 cm³/mol. The molecule has 0 spiro atoms. The Hall–Kier alpha value is -1.98. The maximum absolute atomic E-state index is 12.4. The number of amides is 1. The summed E-state index contributed by atoms with van der Waals surface area (Å²) in [7, 11) is 0. The average molecular weight is 259 g/mol. The Morgan fingerprint density at radius 1 is 1.47 bits per heavy atom. The zero-order valence-corrected chi connectivity index (χ0v) is 11.2. The van der Waals surface area contributed by atoms with E-state index in [1.165, 1.54) is 6.42 Å². The van der Waals surface area contributed by atoms with Gasteiger partial charge in [-0.2, -0.15) is 4.98 Å². The van der Waals surface area contributed by atoms with Crippen molar-refractivity contribution in [3.8, 4) is 0 Å². The Kier molecular flexibility index (Phi) is 2.93.